The van der Waals surface area contributed by atoms with Crippen molar-refractivity contribution in [3.05, 3.63) is 59.2 Å². The number of esters is 1. The molecule has 0 aromatic heterocycles. The second-order valence-electron chi connectivity index (χ2n) is 10.8. The molecule has 33 heavy (non-hydrogen) atoms. The fraction of sp³-hybridized carbons (Fsp3) is 0.519. The molecule has 4 aliphatic rings. The van der Waals surface area contributed by atoms with Gasteiger partial charge in [0.05, 0.1) is 17.1 Å². The Bertz CT molecular complexity index is 1140. The third-order valence-corrected chi connectivity index (χ3v) is 9.54. The fourth-order valence-corrected chi connectivity index (χ4v) is 8.30. The molecule has 4 saturated carbocycles. The van der Waals surface area contributed by atoms with E-state index in [1.807, 2.05) is 13.0 Å². The highest BCUT2D eigenvalue weighted by Gasteiger charge is 2.50. The van der Waals surface area contributed by atoms with Crippen molar-refractivity contribution in [2.45, 2.75) is 63.7 Å². The number of anilines is 1. The maximum Gasteiger partial charge on any atom is 0.338 e. The normalized spacial score (nSPS) is 28.0. The van der Waals surface area contributed by atoms with Gasteiger partial charge in [0.15, 0.2) is 0 Å². The summed E-state index contributed by atoms with van der Waals surface area (Å²) >= 11 is 0. The molecule has 0 aliphatic heterocycles. The van der Waals surface area contributed by atoms with Crippen molar-refractivity contribution in [1.82, 2.24) is 0 Å². The van der Waals surface area contributed by atoms with E-state index in [-0.39, 0.29) is 10.5 Å². The van der Waals surface area contributed by atoms with E-state index in [0.717, 1.165) is 29.7 Å². The molecule has 1 N–H and O–H groups in total. The van der Waals surface area contributed by atoms with Gasteiger partial charge in [0.1, 0.15) is 0 Å². The molecule has 6 rings (SSSR count). The number of rotatable bonds is 7. The molecule has 5 nitrogen and oxygen atoms in total. The number of nitrogens with one attached hydrogen (secondary N) is 1. The summed E-state index contributed by atoms with van der Waals surface area (Å²) in [5.41, 5.74) is 2.67. The van der Waals surface area contributed by atoms with Crippen molar-refractivity contribution in [3.63, 3.8) is 0 Å². The monoisotopic (exact) mass is 467 g/mol. The van der Waals surface area contributed by atoms with Gasteiger partial charge in [-0.05, 0) is 117 Å². The molecule has 2 aromatic rings. The van der Waals surface area contributed by atoms with Crippen LogP contribution in [-0.4, -0.2) is 21.0 Å². The van der Waals surface area contributed by atoms with Crippen molar-refractivity contribution < 1.29 is 17.9 Å². The molecule has 176 valence electrons. The van der Waals surface area contributed by atoms with Crippen molar-refractivity contribution in [3.8, 4) is 0 Å². The van der Waals surface area contributed by atoms with E-state index in [4.69, 9.17) is 4.74 Å². The van der Waals surface area contributed by atoms with E-state index in [9.17, 15) is 13.2 Å². The van der Waals surface area contributed by atoms with Crippen LogP contribution < -0.4 is 4.72 Å². The smallest absolute Gasteiger partial charge is 0.338 e. The van der Waals surface area contributed by atoms with E-state index in [1.165, 1.54) is 44.6 Å². The number of benzene rings is 2. The summed E-state index contributed by atoms with van der Waals surface area (Å²) in [5, 5.41) is 0. The first-order chi connectivity index (χ1) is 15.7. The van der Waals surface area contributed by atoms with Gasteiger partial charge in [-0.3, -0.25) is 4.72 Å². The number of ether oxygens (including phenoxy) is 1. The molecule has 0 radical (unpaired) electrons. The van der Waals surface area contributed by atoms with Gasteiger partial charge in [-0.25, -0.2) is 13.2 Å². The molecule has 2 aromatic carbocycles. The van der Waals surface area contributed by atoms with Gasteiger partial charge >= 0.3 is 5.97 Å². The van der Waals surface area contributed by atoms with Crippen molar-refractivity contribution in [2.75, 3.05) is 11.3 Å². The van der Waals surface area contributed by atoms with E-state index in [1.54, 1.807) is 37.3 Å². The van der Waals surface area contributed by atoms with Crippen LogP contribution in [0.1, 0.15) is 66.4 Å². The Hall–Kier alpha value is -2.34. The third kappa shape index (κ3) is 4.68. The standard InChI is InChI=1S/C27H33NO4S/c1-18-4-3-5-24(10-18)28-33(30,31)25-14-23(7-6-19(25)2)26(29)32-9-8-27-15-20-11-21(16-27)13-22(12-20)17-27/h3-7,10,14,20-22,28H,8-9,11-13,15-17H2,1-2H3. The van der Waals surface area contributed by atoms with Crippen molar-refractivity contribution in [1.29, 1.82) is 0 Å². The lowest BCUT2D eigenvalue weighted by atomic mass is 9.49. The van der Waals surface area contributed by atoms with E-state index >= 15 is 0 Å². The number of hydrogen-bond donors (Lipinski definition) is 1. The van der Waals surface area contributed by atoms with Crippen LogP contribution in [0.5, 0.6) is 0 Å². The first-order valence-electron chi connectivity index (χ1n) is 12.1. The molecule has 4 aliphatic carbocycles. The SMILES string of the molecule is Cc1cccc(NS(=O)(=O)c2cc(C(=O)OCCC34CC5CC(CC(C5)C3)C4)ccc2C)c1. The minimum Gasteiger partial charge on any atom is -0.462 e. The summed E-state index contributed by atoms with van der Waals surface area (Å²) in [5.74, 6) is 2.17. The Morgan fingerprint density at radius 2 is 1.67 bits per heavy atom. The number of aryl methyl sites for hydroxylation is 2. The lowest BCUT2D eigenvalue weighted by Crippen LogP contribution is -2.46. The Morgan fingerprint density at radius 1 is 1.00 bits per heavy atom. The van der Waals surface area contributed by atoms with Crippen LogP contribution in [0.3, 0.4) is 0 Å². The van der Waals surface area contributed by atoms with Gasteiger partial charge in [-0.2, -0.15) is 0 Å². The topological polar surface area (TPSA) is 72.5 Å². The maximum atomic E-state index is 13.0. The van der Waals surface area contributed by atoms with Gasteiger partial charge in [0.2, 0.25) is 0 Å². The molecular formula is C27H33NO4S. The molecule has 0 saturated heterocycles. The molecule has 0 atom stereocenters. The lowest BCUT2D eigenvalue weighted by Gasteiger charge is -2.57. The van der Waals surface area contributed by atoms with Gasteiger partial charge in [-0.15, -0.1) is 0 Å². The first-order valence-corrected chi connectivity index (χ1v) is 13.6. The van der Waals surface area contributed by atoms with Crippen LogP contribution in [-0.2, 0) is 14.8 Å². The molecule has 0 spiro atoms. The largest absolute Gasteiger partial charge is 0.462 e. The van der Waals surface area contributed by atoms with E-state index in [0.29, 0.717) is 23.3 Å². The van der Waals surface area contributed by atoms with E-state index in [2.05, 4.69) is 4.72 Å². The van der Waals surface area contributed by atoms with Crippen LogP contribution in [0.15, 0.2) is 47.4 Å². The summed E-state index contributed by atoms with van der Waals surface area (Å²) in [7, 11) is -3.83. The van der Waals surface area contributed by atoms with Crippen LogP contribution >= 0.6 is 0 Å². The van der Waals surface area contributed by atoms with Gasteiger partial charge in [-0.1, -0.05) is 18.2 Å². The zero-order chi connectivity index (χ0) is 23.2. The van der Waals surface area contributed by atoms with Gasteiger partial charge in [0.25, 0.3) is 10.0 Å². The van der Waals surface area contributed by atoms with Crippen LogP contribution in [0.4, 0.5) is 5.69 Å². The zero-order valence-electron chi connectivity index (χ0n) is 19.5. The second kappa shape index (κ2) is 8.46. The Morgan fingerprint density at radius 3 is 2.30 bits per heavy atom. The maximum absolute atomic E-state index is 13.0. The highest BCUT2D eigenvalue weighted by molar-refractivity contribution is 7.92. The van der Waals surface area contributed by atoms with E-state index < -0.39 is 16.0 Å². The zero-order valence-corrected chi connectivity index (χ0v) is 20.3. The van der Waals surface area contributed by atoms with Crippen LogP contribution in [0.2, 0.25) is 0 Å². The van der Waals surface area contributed by atoms with Gasteiger partial charge < -0.3 is 4.74 Å². The lowest BCUT2D eigenvalue weighted by molar-refractivity contribution is -0.0653. The molecule has 0 unspecified atom stereocenters. The van der Waals surface area contributed by atoms with Crippen LogP contribution in [0, 0.1) is 37.0 Å². The average Bonchev–Trinajstić information content (AvgIpc) is 2.72. The minimum atomic E-state index is -3.83. The third-order valence-electron chi connectivity index (χ3n) is 8.01. The Labute approximate surface area is 197 Å². The minimum absolute atomic E-state index is 0.0968. The highest BCUT2D eigenvalue weighted by atomic mass is 32.2. The van der Waals surface area contributed by atoms with Gasteiger partial charge in [0, 0.05) is 5.69 Å². The number of hydrogen-bond acceptors (Lipinski definition) is 4. The number of carbonyl (C=O) groups is 1. The molecule has 6 heteroatoms. The summed E-state index contributed by atoms with van der Waals surface area (Å²) in [4.78, 5) is 12.9. The van der Waals surface area contributed by atoms with Crippen LogP contribution in [0.25, 0.3) is 0 Å². The quantitative estimate of drug-likeness (QED) is 0.517. The number of sulfonamides is 1. The Balaban J connectivity index is 1.25. The number of carbonyl (C=O) groups excluding carboxylic acids is 1. The summed E-state index contributed by atoms with van der Waals surface area (Å²) < 4.78 is 34.3. The molecule has 0 amide bonds. The molecule has 0 heterocycles. The summed E-state index contributed by atoms with van der Waals surface area (Å²) in [6, 6.07) is 11.9. The van der Waals surface area contributed by atoms with Crippen molar-refractivity contribution in [2.24, 2.45) is 23.2 Å². The summed E-state index contributed by atoms with van der Waals surface area (Å²) in [6.45, 7) is 4.04. The summed E-state index contributed by atoms with van der Waals surface area (Å²) in [6.07, 6.45) is 8.98. The first kappa shape index (κ1) is 22.5. The Kier molecular flexibility index (Phi) is 5.76. The predicted octanol–water partition coefficient (Wildman–Crippen LogP) is 5.87. The second-order valence-corrected chi connectivity index (χ2v) is 12.4. The predicted molar refractivity (Wildman–Crippen MR) is 129 cm³/mol. The molecule has 4 fully saturated rings. The van der Waals surface area contributed by atoms with Crippen molar-refractivity contribution >= 4 is 21.7 Å². The highest BCUT2D eigenvalue weighted by Crippen LogP contribution is 2.61. The fourth-order valence-electron chi connectivity index (χ4n) is 6.98. The average molecular weight is 468 g/mol. The molecule has 4 bridgehead atoms. The molecular weight excluding hydrogens is 434 g/mol.